The van der Waals surface area contributed by atoms with E-state index < -0.39 is 0 Å². The number of benzene rings is 2. The number of nitriles is 1. The second kappa shape index (κ2) is 10.00. The average Bonchev–Trinajstić information content (AvgIpc) is 2.66. The lowest BCUT2D eigenvalue weighted by Crippen LogP contribution is -2.21. The van der Waals surface area contributed by atoms with Gasteiger partial charge in [-0.25, -0.2) is 4.79 Å². The Labute approximate surface area is 162 Å². The van der Waals surface area contributed by atoms with Crippen LogP contribution in [0.3, 0.4) is 0 Å². The van der Waals surface area contributed by atoms with Crippen molar-refractivity contribution in [3.63, 3.8) is 0 Å². The second-order valence-corrected chi connectivity index (χ2v) is 5.82. The quantitative estimate of drug-likeness (QED) is 0.560. The fourth-order valence-corrected chi connectivity index (χ4v) is 2.36. The van der Waals surface area contributed by atoms with Crippen molar-refractivity contribution in [2.45, 2.75) is 6.92 Å². The molecule has 7 heteroatoms. The summed E-state index contributed by atoms with van der Waals surface area (Å²) in [5, 5.41) is 14.8. The number of nitrogens with one attached hydrogen (secondary N) is 2. The number of nitrogens with zero attached hydrogens (tertiary/aromatic N) is 1. The molecule has 1 amide bonds. The number of hydrogen-bond acceptors (Lipinski definition) is 5. The van der Waals surface area contributed by atoms with E-state index in [2.05, 4.69) is 10.6 Å². The Morgan fingerprint density at radius 1 is 1.19 bits per heavy atom. The van der Waals surface area contributed by atoms with E-state index in [9.17, 15) is 9.59 Å². The van der Waals surface area contributed by atoms with Gasteiger partial charge in [-0.3, -0.25) is 4.79 Å². The molecule has 138 valence electrons. The maximum absolute atomic E-state index is 12.0. The lowest BCUT2D eigenvalue weighted by molar-refractivity contribution is -0.137. The predicted molar refractivity (Wildman–Crippen MR) is 105 cm³/mol. The zero-order valence-electron chi connectivity index (χ0n) is 14.7. The zero-order chi connectivity index (χ0) is 19.6. The Morgan fingerprint density at radius 3 is 2.52 bits per heavy atom. The number of carbonyl (C=O) groups is 2. The summed E-state index contributed by atoms with van der Waals surface area (Å²) >= 11 is 5.94. The topological polar surface area (TPSA) is 91.2 Å². The lowest BCUT2D eigenvalue weighted by Gasteiger charge is -2.09. The van der Waals surface area contributed by atoms with E-state index in [1.807, 2.05) is 18.2 Å². The van der Waals surface area contributed by atoms with Crippen LogP contribution in [-0.4, -0.2) is 25.0 Å². The molecule has 0 saturated carbocycles. The van der Waals surface area contributed by atoms with E-state index in [1.54, 1.807) is 37.3 Å². The number of carbonyl (C=O) groups excluding carboxylic acids is 2. The van der Waals surface area contributed by atoms with Crippen LogP contribution < -0.4 is 10.6 Å². The number of esters is 1. The minimum atomic E-state index is -0.390. The molecule has 0 fully saturated rings. The van der Waals surface area contributed by atoms with Gasteiger partial charge >= 0.3 is 5.97 Å². The molecule has 0 aliphatic heterocycles. The van der Waals surface area contributed by atoms with Gasteiger partial charge in [0.25, 0.3) is 0 Å². The Bertz CT molecular complexity index is 886. The Balaban J connectivity index is 1.85. The van der Waals surface area contributed by atoms with Gasteiger partial charge < -0.3 is 15.4 Å². The van der Waals surface area contributed by atoms with Gasteiger partial charge in [0.2, 0.25) is 5.91 Å². The number of rotatable bonds is 7. The SMILES string of the molecule is CCOC(=O)/C=C/c1ccc(NCC(=O)Nc2ccc(C#N)c(Cl)c2)cc1. The molecule has 2 aromatic rings. The van der Waals surface area contributed by atoms with Gasteiger partial charge in [-0.15, -0.1) is 0 Å². The Morgan fingerprint density at radius 2 is 1.89 bits per heavy atom. The van der Waals surface area contributed by atoms with Crippen LogP contribution in [0.2, 0.25) is 5.02 Å². The van der Waals surface area contributed by atoms with Crippen molar-refractivity contribution in [3.8, 4) is 6.07 Å². The molecule has 0 heterocycles. The molecule has 0 bridgehead atoms. The molecule has 0 aliphatic rings. The first-order valence-electron chi connectivity index (χ1n) is 8.20. The second-order valence-electron chi connectivity index (χ2n) is 5.42. The van der Waals surface area contributed by atoms with Crippen molar-refractivity contribution in [1.82, 2.24) is 0 Å². The van der Waals surface area contributed by atoms with Crippen LogP contribution in [0.4, 0.5) is 11.4 Å². The van der Waals surface area contributed by atoms with E-state index in [0.29, 0.717) is 17.9 Å². The number of halogens is 1. The van der Waals surface area contributed by atoms with Gasteiger partial charge in [-0.1, -0.05) is 23.7 Å². The summed E-state index contributed by atoms with van der Waals surface area (Å²) in [6.07, 6.45) is 3.02. The summed E-state index contributed by atoms with van der Waals surface area (Å²) in [6.45, 7) is 2.15. The van der Waals surface area contributed by atoms with E-state index in [-0.39, 0.29) is 23.4 Å². The van der Waals surface area contributed by atoms with E-state index in [0.717, 1.165) is 11.3 Å². The van der Waals surface area contributed by atoms with Gasteiger partial charge in [0, 0.05) is 17.5 Å². The fourth-order valence-electron chi connectivity index (χ4n) is 2.14. The van der Waals surface area contributed by atoms with Crippen LogP contribution in [0.15, 0.2) is 48.5 Å². The molecular formula is C20H18ClN3O3. The van der Waals surface area contributed by atoms with Gasteiger partial charge in [-0.05, 0) is 48.9 Å². The van der Waals surface area contributed by atoms with E-state index in [1.165, 1.54) is 12.1 Å². The Kier molecular flexibility index (Phi) is 7.41. The molecule has 2 rings (SSSR count). The molecule has 0 aromatic heterocycles. The monoisotopic (exact) mass is 383 g/mol. The number of hydrogen-bond donors (Lipinski definition) is 2. The van der Waals surface area contributed by atoms with Crippen LogP contribution in [0, 0.1) is 11.3 Å². The lowest BCUT2D eigenvalue weighted by atomic mass is 10.2. The summed E-state index contributed by atoms with van der Waals surface area (Å²) in [7, 11) is 0. The highest BCUT2D eigenvalue weighted by Crippen LogP contribution is 2.20. The molecule has 0 atom stereocenters. The summed E-state index contributed by atoms with van der Waals surface area (Å²) < 4.78 is 4.81. The normalized spacial score (nSPS) is 10.3. The van der Waals surface area contributed by atoms with E-state index >= 15 is 0 Å². The summed E-state index contributed by atoms with van der Waals surface area (Å²) in [5.41, 5.74) is 2.47. The minimum Gasteiger partial charge on any atom is -0.463 e. The van der Waals surface area contributed by atoms with Crippen molar-refractivity contribution in [2.24, 2.45) is 0 Å². The third-order valence-electron chi connectivity index (χ3n) is 3.44. The number of amides is 1. The molecule has 0 unspecified atom stereocenters. The maximum atomic E-state index is 12.0. The molecule has 2 aromatic carbocycles. The fraction of sp³-hybridized carbons (Fsp3) is 0.150. The largest absolute Gasteiger partial charge is 0.463 e. The van der Waals surface area contributed by atoms with Gasteiger partial charge in [0.05, 0.1) is 23.7 Å². The molecule has 2 N–H and O–H groups in total. The Hall–Kier alpha value is -3.30. The first-order valence-corrected chi connectivity index (χ1v) is 8.58. The van der Waals surface area contributed by atoms with Crippen molar-refractivity contribution >= 4 is 40.9 Å². The molecule has 27 heavy (non-hydrogen) atoms. The van der Waals surface area contributed by atoms with Crippen molar-refractivity contribution in [1.29, 1.82) is 5.26 Å². The summed E-state index contributed by atoms with van der Waals surface area (Å²) in [5.74, 6) is -0.638. The van der Waals surface area contributed by atoms with E-state index in [4.69, 9.17) is 21.6 Å². The smallest absolute Gasteiger partial charge is 0.330 e. The minimum absolute atomic E-state index is 0.0651. The number of anilines is 2. The summed E-state index contributed by atoms with van der Waals surface area (Å²) in [4.78, 5) is 23.3. The van der Waals surface area contributed by atoms with Crippen LogP contribution in [0.25, 0.3) is 6.08 Å². The van der Waals surface area contributed by atoms with Crippen molar-refractivity contribution < 1.29 is 14.3 Å². The number of ether oxygens (including phenoxy) is 1. The van der Waals surface area contributed by atoms with Gasteiger partial charge in [0.1, 0.15) is 6.07 Å². The highest BCUT2D eigenvalue weighted by atomic mass is 35.5. The molecular weight excluding hydrogens is 366 g/mol. The van der Waals surface area contributed by atoms with Crippen molar-refractivity contribution in [2.75, 3.05) is 23.8 Å². The highest BCUT2D eigenvalue weighted by molar-refractivity contribution is 6.32. The standard InChI is InChI=1S/C20H18ClN3O3/c1-2-27-20(26)10-5-14-3-7-16(8-4-14)23-13-19(25)24-17-9-6-15(12-22)18(21)11-17/h3-11,23H,2,13H2,1H3,(H,24,25)/b10-5+. The van der Waals surface area contributed by atoms with Crippen LogP contribution in [-0.2, 0) is 14.3 Å². The molecule has 0 aliphatic carbocycles. The maximum Gasteiger partial charge on any atom is 0.330 e. The van der Waals surface area contributed by atoms with Crippen LogP contribution in [0.5, 0.6) is 0 Å². The molecule has 0 saturated heterocycles. The third kappa shape index (κ3) is 6.49. The molecule has 0 radical (unpaired) electrons. The summed E-state index contributed by atoms with van der Waals surface area (Å²) in [6, 6.07) is 13.9. The zero-order valence-corrected chi connectivity index (χ0v) is 15.4. The first-order chi connectivity index (χ1) is 13.0. The van der Waals surface area contributed by atoms with Crippen LogP contribution >= 0.6 is 11.6 Å². The molecule has 0 spiro atoms. The van der Waals surface area contributed by atoms with Crippen LogP contribution in [0.1, 0.15) is 18.1 Å². The average molecular weight is 384 g/mol. The predicted octanol–water partition coefficient (Wildman–Crippen LogP) is 3.84. The van der Waals surface area contributed by atoms with Crippen molar-refractivity contribution in [3.05, 3.63) is 64.7 Å². The highest BCUT2D eigenvalue weighted by Gasteiger charge is 2.05. The third-order valence-corrected chi connectivity index (χ3v) is 3.75. The van der Waals surface area contributed by atoms with Gasteiger partial charge in [-0.2, -0.15) is 5.26 Å². The first kappa shape index (κ1) is 20.0. The molecule has 6 nitrogen and oxygen atoms in total. The van der Waals surface area contributed by atoms with Gasteiger partial charge in [0.15, 0.2) is 0 Å².